The van der Waals surface area contributed by atoms with E-state index in [1.807, 2.05) is 13.1 Å². The van der Waals surface area contributed by atoms with Gasteiger partial charge in [0.05, 0.1) is 29.3 Å². The molecule has 1 amide bonds. The van der Waals surface area contributed by atoms with Gasteiger partial charge >= 0.3 is 0 Å². The molecule has 0 unspecified atom stereocenters. The number of anilines is 2. The number of carbonyl (C=O) groups is 1. The third-order valence-corrected chi connectivity index (χ3v) is 6.26. The summed E-state index contributed by atoms with van der Waals surface area (Å²) >= 11 is 0. The quantitative estimate of drug-likeness (QED) is 0.363. The molecule has 0 spiro atoms. The van der Waals surface area contributed by atoms with Crippen molar-refractivity contribution in [3.63, 3.8) is 0 Å². The Bertz CT molecular complexity index is 1630. The minimum absolute atomic E-state index is 0.302. The average molecular weight is 511 g/mol. The van der Waals surface area contributed by atoms with Crippen LogP contribution in [0.15, 0.2) is 55.5 Å². The van der Waals surface area contributed by atoms with Crippen LogP contribution in [0.3, 0.4) is 0 Å². The third-order valence-electron chi connectivity index (χ3n) is 6.26. The number of fused-ring (bicyclic) bond motifs is 2. The molecule has 0 aromatic carbocycles. The zero-order valence-electron chi connectivity index (χ0n) is 21.2. The smallest absolute Gasteiger partial charge is 0.259 e. The standard InChI is InChI=1S/C26H26N10O2/c1-15-11-35(12-16(2)32-15)25-23-22(27-6-7-28-23)20(10-29-25)26(37)34-18-8-21(38-19-4-5-30-31-9-19)24-33-17(3)13-36(24)14-18/h4-10,13-16,32H,11-12H2,1-3H3,(H,34,37)/t15-,16-/m1/s1. The van der Waals surface area contributed by atoms with Crippen LogP contribution in [0.5, 0.6) is 11.5 Å². The van der Waals surface area contributed by atoms with Crippen LogP contribution in [0.4, 0.5) is 11.5 Å². The van der Waals surface area contributed by atoms with Crippen LogP contribution in [0.1, 0.15) is 29.9 Å². The number of imidazole rings is 1. The van der Waals surface area contributed by atoms with E-state index in [9.17, 15) is 4.79 Å². The molecule has 12 heteroatoms. The largest absolute Gasteiger partial charge is 0.452 e. The van der Waals surface area contributed by atoms with Crippen molar-refractivity contribution in [3.05, 3.63) is 66.8 Å². The summed E-state index contributed by atoms with van der Waals surface area (Å²) in [5.74, 6) is 1.33. The molecular weight excluding hydrogens is 484 g/mol. The normalized spacial score (nSPS) is 17.6. The molecule has 0 bridgehead atoms. The number of hydrogen-bond donors (Lipinski definition) is 2. The number of carbonyl (C=O) groups excluding carboxylic acids is 1. The van der Waals surface area contributed by atoms with E-state index in [4.69, 9.17) is 4.74 Å². The first kappa shape index (κ1) is 23.7. The summed E-state index contributed by atoms with van der Waals surface area (Å²) in [7, 11) is 0. The van der Waals surface area contributed by atoms with Crippen LogP contribution >= 0.6 is 0 Å². The molecule has 6 heterocycles. The summed E-state index contributed by atoms with van der Waals surface area (Å²) in [6.07, 6.45) is 11.5. The Morgan fingerprint density at radius 2 is 1.82 bits per heavy atom. The van der Waals surface area contributed by atoms with Crippen molar-refractivity contribution < 1.29 is 9.53 Å². The molecule has 12 nitrogen and oxygen atoms in total. The number of rotatable bonds is 5. The summed E-state index contributed by atoms with van der Waals surface area (Å²) in [5.41, 5.74) is 3.35. The second-order valence-electron chi connectivity index (χ2n) is 9.46. The lowest BCUT2D eigenvalue weighted by Gasteiger charge is -2.37. The number of nitrogens with one attached hydrogen (secondary N) is 2. The topological polar surface area (TPSA) is 135 Å². The number of aromatic nitrogens is 7. The molecule has 1 fully saturated rings. The second-order valence-corrected chi connectivity index (χ2v) is 9.46. The van der Waals surface area contributed by atoms with Gasteiger partial charge in [0.25, 0.3) is 5.91 Å². The highest BCUT2D eigenvalue weighted by atomic mass is 16.5. The molecule has 1 aliphatic rings. The Morgan fingerprint density at radius 1 is 1.03 bits per heavy atom. The number of ether oxygens (including phenoxy) is 1. The monoisotopic (exact) mass is 510 g/mol. The molecule has 2 atom stereocenters. The second kappa shape index (κ2) is 9.63. The van der Waals surface area contributed by atoms with E-state index in [0.29, 0.717) is 51.5 Å². The Balaban J connectivity index is 1.34. The van der Waals surface area contributed by atoms with Crippen molar-refractivity contribution in [1.82, 2.24) is 39.9 Å². The lowest BCUT2D eigenvalue weighted by Crippen LogP contribution is -2.54. The molecule has 192 valence electrons. The van der Waals surface area contributed by atoms with E-state index in [0.717, 1.165) is 24.6 Å². The van der Waals surface area contributed by atoms with Crippen molar-refractivity contribution in [3.8, 4) is 11.5 Å². The highest BCUT2D eigenvalue weighted by molar-refractivity contribution is 6.12. The van der Waals surface area contributed by atoms with Gasteiger partial charge < -0.3 is 24.7 Å². The number of pyridine rings is 2. The molecule has 1 aliphatic heterocycles. The minimum Gasteiger partial charge on any atom is -0.452 e. The first-order chi connectivity index (χ1) is 18.4. The van der Waals surface area contributed by atoms with E-state index in [2.05, 4.69) is 59.5 Å². The molecule has 5 aromatic heterocycles. The van der Waals surface area contributed by atoms with E-state index < -0.39 is 0 Å². The Kier molecular flexibility index (Phi) is 6.00. The first-order valence-electron chi connectivity index (χ1n) is 12.3. The third kappa shape index (κ3) is 4.57. The summed E-state index contributed by atoms with van der Waals surface area (Å²) in [5, 5.41) is 14.1. The predicted molar refractivity (Wildman–Crippen MR) is 142 cm³/mol. The Morgan fingerprint density at radius 3 is 2.58 bits per heavy atom. The van der Waals surface area contributed by atoms with Gasteiger partial charge in [0.2, 0.25) is 0 Å². The van der Waals surface area contributed by atoms with E-state index >= 15 is 0 Å². The summed E-state index contributed by atoms with van der Waals surface area (Å²) in [6.45, 7) is 7.74. The number of aryl methyl sites for hydroxylation is 1. The molecule has 0 aliphatic carbocycles. The lowest BCUT2D eigenvalue weighted by atomic mass is 10.1. The van der Waals surface area contributed by atoms with E-state index in [1.165, 1.54) is 6.20 Å². The van der Waals surface area contributed by atoms with Crippen LogP contribution < -0.4 is 20.3 Å². The maximum atomic E-state index is 13.5. The van der Waals surface area contributed by atoms with Crippen LogP contribution in [0.2, 0.25) is 0 Å². The summed E-state index contributed by atoms with van der Waals surface area (Å²) in [6, 6.07) is 4.02. The lowest BCUT2D eigenvalue weighted by molar-refractivity contribution is 0.102. The van der Waals surface area contributed by atoms with Crippen molar-refractivity contribution in [1.29, 1.82) is 0 Å². The highest BCUT2D eigenvalue weighted by Gasteiger charge is 2.26. The molecule has 6 rings (SSSR count). The van der Waals surface area contributed by atoms with Crippen molar-refractivity contribution in [2.45, 2.75) is 32.9 Å². The zero-order chi connectivity index (χ0) is 26.2. The van der Waals surface area contributed by atoms with Gasteiger partial charge in [-0.1, -0.05) is 0 Å². The van der Waals surface area contributed by atoms with E-state index in [-0.39, 0.29) is 5.91 Å². The maximum Gasteiger partial charge on any atom is 0.259 e. The van der Waals surface area contributed by atoms with Gasteiger partial charge in [-0.2, -0.15) is 10.2 Å². The van der Waals surface area contributed by atoms with E-state index in [1.54, 1.807) is 47.5 Å². The van der Waals surface area contributed by atoms with Crippen LogP contribution in [0, 0.1) is 6.92 Å². The molecule has 0 saturated carbocycles. The fourth-order valence-corrected chi connectivity index (χ4v) is 4.84. The van der Waals surface area contributed by atoms with Crippen molar-refractivity contribution in [2.75, 3.05) is 23.3 Å². The number of hydrogen-bond acceptors (Lipinski definition) is 10. The number of amides is 1. The molecular formula is C26H26N10O2. The fraction of sp³-hybridized carbons (Fsp3) is 0.269. The minimum atomic E-state index is -0.357. The van der Waals surface area contributed by atoms with Crippen molar-refractivity contribution in [2.24, 2.45) is 0 Å². The van der Waals surface area contributed by atoms with Crippen molar-refractivity contribution >= 4 is 34.1 Å². The molecule has 38 heavy (non-hydrogen) atoms. The summed E-state index contributed by atoms with van der Waals surface area (Å²) in [4.78, 5) is 34.0. The first-order valence-corrected chi connectivity index (χ1v) is 12.3. The highest BCUT2D eigenvalue weighted by Crippen LogP contribution is 2.30. The van der Waals surface area contributed by atoms with Gasteiger partial charge in [0.1, 0.15) is 16.8 Å². The zero-order valence-corrected chi connectivity index (χ0v) is 21.2. The number of nitrogens with zero attached hydrogens (tertiary/aromatic N) is 8. The van der Waals surface area contributed by atoms with Gasteiger partial charge in [-0.15, -0.1) is 0 Å². The van der Waals surface area contributed by atoms with Gasteiger partial charge in [-0.05, 0) is 20.8 Å². The average Bonchev–Trinajstić information content (AvgIpc) is 3.28. The van der Waals surface area contributed by atoms with Gasteiger partial charge in [-0.25, -0.2) is 15.0 Å². The Hall–Kier alpha value is -4.71. The maximum absolute atomic E-state index is 13.5. The summed E-state index contributed by atoms with van der Waals surface area (Å²) < 4.78 is 7.83. The van der Waals surface area contributed by atoms with Crippen LogP contribution in [0.25, 0.3) is 16.7 Å². The number of piperazine rings is 1. The molecule has 1 saturated heterocycles. The van der Waals surface area contributed by atoms with Crippen LogP contribution in [-0.2, 0) is 0 Å². The SMILES string of the molecule is Cc1cn2cc(NC(=O)c3cnc(N4C[C@@H](C)N[C@H](C)C4)c4nccnc34)cc(Oc3ccnnc3)c2n1. The molecule has 0 radical (unpaired) electrons. The van der Waals surface area contributed by atoms with Gasteiger partial charge in [-0.3, -0.25) is 9.78 Å². The van der Waals surface area contributed by atoms with Gasteiger partial charge in [0.15, 0.2) is 17.2 Å². The predicted octanol–water partition coefficient (Wildman–Crippen LogP) is 3.00. The Labute approximate surface area is 218 Å². The van der Waals surface area contributed by atoms with Gasteiger partial charge in [0, 0.05) is 68.3 Å². The fourth-order valence-electron chi connectivity index (χ4n) is 4.84. The molecule has 5 aromatic rings. The van der Waals surface area contributed by atoms with Crippen LogP contribution in [-0.4, -0.2) is 65.6 Å². The molecule has 2 N–H and O–H groups in total.